The van der Waals surface area contributed by atoms with Crippen LogP contribution in [0.3, 0.4) is 0 Å². The van der Waals surface area contributed by atoms with Crippen LogP contribution < -0.4 is 16.0 Å². The van der Waals surface area contributed by atoms with Gasteiger partial charge in [-0.1, -0.05) is 12.1 Å². The number of carbonyl (C=O) groups excluding carboxylic acids is 3. The second-order valence-corrected chi connectivity index (χ2v) is 9.04. The summed E-state index contributed by atoms with van der Waals surface area (Å²) in [6.45, 7) is -0.437. The average Bonchev–Trinajstić information content (AvgIpc) is 2.85. The Kier molecular flexibility index (Phi) is 5.63. The van der Waals surface area contributed by atoms with Crippen LogP contribution in [0.25, 0.3) is 11.1 Å². The summed E-state index contributed by atoms with van der Waals surface area (Å²) < 4.78 is 26.9. The Morgan fingerprint density at radius 3 is 2.66 bits per heavy atom. The van der Waals surface area contributed by atoms with E-state index in [2.05, 4.69) is 22.0 Å². The number of nitrogens with one attached hydrogen (secondary N) is 3. The number of hydrogen-bond donors (Lipinski definition) is 3. The zero-order valence-corrected chi connectivity index (χ0v) is 18.7. The third-order valence-electron chi connectivity index (χ3n) is 6.73. The van der Waals surface area contributed by atoms with Gasteiger partial charge in [-0.2, -0.15) is 5.26 Å². The number of carbonyl (C=O) groups is 3. The van der Waals surface area contributed by atoms with Crippen molar-refractivity contribution in [3.63, 3.8) is 0 Å². The molecule has 0 saturated carbocycles. The summed E-state index contributed by atoms with van der Waals surface area (Å²) in [5.41, 5.74) is 5.35. The van der Waals surface area contributed by atoms with Gasteiger partial charge in [0.2, 0.25) is 17.7 Å². The van der Waals surface area contributed by atoms with E-state index in [0.29, 0.717) is 11.3 Å². The Hall–Kier alpha value is -4.00. The van der Waals surface area contributed by atoms with Gasteiger partial charge in [-0.3, -0.25) is 14.4 Å². The number of halogens is 2. The fourth-order valence-corrected chi connectivity index (χ4v) is 4.83. The van der Waals surface area contributed by atoms with Crippen molar-refractivity contribution >= 4 is 29.1 Å². The normalized spacial score (nSPS) is 21.9. The van der Waals surface area contributed by atoms with Crippen LogP contribution in [0, 0.1) is 11.3 Å². The van der Waals surface area contributed by atoms with Crippen molar-refractivity contribution in [1.82, 2.24) is 10.2 Å². The van der Waals surface area contributed by atoms with E-state index in [1.165, 1.54) is 11.6 Å². The molecule has 2 unspecified atom stereocenters. The van der Waals surface area contributed by atoms with Gasteiger partial charge in [0, 0.05) is 24.3 Å². The number of rotatable bonds is 4. The van der Waals surface area contributed by atoms with Crippen LogP contribution in [0.1, 0.15) is 29.9 Å². The molecule has 3 aliphatic heterocycles. The van der Waals surface area contributed by atoms with E-state index in [9.17, 15) is 23.2 Å². The highest BCUT2D eigenvalue weighted by molar-refractivity contribution is 6.02. The summed E-state index contributed by atoms with van der Waals surface area (Å²) in [5, 5.41) is 17.5. The van der Waals surface area contributed by atoms with Gasteiger partial charge in [0.15, 0.2) is 6.04 Å². The fraction of sp³-hybridized carbons (Fsp3) is 0.360. The van der Waals surface area contributed by atoms with Crippen LogP contribution in [-0.2, 0) is 20.8 Å². The van der Waals surface area contributed by atoms with Gasteiger partial charge in [0.1, 0.15) is 0 Å². The van der Waals surface area contributed by atoms with Crippen molar-refractivity contribution < 1.29 is 23.2 Å². The molecule has 3 amide bonds. The number of nitrogens with zero attached hydrogens (tertiary/aromatic N) is 2. The van der Waals surface area contributed by atoms with Gasteiger partial charge in [-0.25, -0.2) is 8.78 Å². The summed E-state index contributed by atoms with van der Waals surface area (Å²) >= 11 is 0. The Labute approximate surface area is 200 Å². The number of alkyl halides is 2. The number of aryl methyl sites for hydroxylation is 1. The van der Waals surface area contributed by atoms with E-state index >= 15 is 0 Å². The van der Waals surface area contributed by atoms with Gasteiger partial charge in [-0.15, -0.1) is 0 Å². The zero-order chi connectivity index (χ0) is 24.7. The van der Waals surface area contributed by atoms with Crippen LogP contribution >= 0.6 is 0 Å². The molecule has 10 heteroatoms. The minimum Gasteiger partial charge on any atom is -0.385 e. The van der Waals surface area contributed by atoms with Crippen molar-refractivity contribution in [2.45, 2.75) is 37.1 Å². The Morgan fingerprint density at radius 2 is 1.91 bits per heavy atom. The largest absolute Gasteiger partial charge is 0.385 e. The minimum absolute atomic E-state index is 0.104. The van der Waals surface area contributed by atoms with E-state index in [1.807, 2.05) is 24.3 Å². The predicted molar refractivity (Wildman–Crippen MR) is 124 cm³/mol. The first kappa shape index (κ1) is 22.8. The molecule has 5 rings (SSSR count). The van der Waals surface area contributed by atoms with Crippen LogP contribution in [-0.4, -0.2) is 54.2 Å². The molecule has 3 heterocycles. The maximum atomic E-state index is 13.4. The first-order valence-electron chi connectivity index (χ1n) is 11.4. The number of anilines is 2. The van der Waals surface area contributed by atoms with E-state index < -0.39 is 42.8 Å². The number of benzene rings is 2. The van der Waals surface area contributed by atoms with Gasteiger partial charge < -0.3 is 20.9 Å². The molecule has 180 valence electrons. The van der Waals surface area contributed by atoms with E-state index in [4.69, 9.17) is 5.26 Å². The van der Waals surface area contributed by atoms with E-state index in [0.717, 1.165) is 41.1 Å². The molecular formula is C25H23F2N5O3. The van der Waals surface area contributed by atoms with Gasteiger partial charge in [0.05, 0.1) is 25.1 Å². The highest BCUT2D eigenvalue weighted by Crippen LogP contribution is 2.37. The molecule has 0 radical (unpaired) electrons. The first-order valence-corrected chi connectivity index (χ1v) is 11.4. The molecule has 2 aromatic carbocycles. The molecular weight excluding hydrogens is 456 g/mol. The number of fused-ring (bicyclic) bond motifs is 2. The van der Waals surface area contributed by atoms with E-state index in [-0.39, 0.29) is 12.3 Å². The third-order valence-corrected chi connectivity index (χ3v) is 6.73. The number of likely N-dealkylation sites (tertiary alicyclic amines) is 1. The number of hydrogen-bond acceptors (Lipinski definition) is 5. The molecule has 1 saturated heterocycles. The lowest BCUT2D eigenvalue weighted by atomic mass is 9.87. The van der Waals surface area contributed by atoms with Crippen molar-refractivity contribution in [2.75, 3.05) is 30.3 Å². The Morgan fingerprint density at radius 1 is 1.17 bits per heavy atom. The topological polar surface area (TPSA) is 114 Å². The fourth-order valence-electron chi connectivity index (χ4n) is 4.83. The zero-order valence-electron chi connectivity index (χ0n) is 18.7. The molecule has 35 heavy (non-hydrogen) atoms. The number of nitriles is 1. The Balaban J connectivity index is 1.34. The first-order chi connectivity index (χ1) is 16.8. The average molecular weight is 479 g/mol. The molecule has 8 nitrogen and oxygen atoms in total. The molecule has 2 atom stereocenters. The summed E-state index contributed by atoms with van der Waals surface area (Å²) in [6.07, 6.45) is 1.93. The van der Waals surface area contributed by atoms with E-state index in [1.54, 1.807) is 6.07 Å². The molecule has 1 fully saturated rings. The standard InChI is InChI=1S/C25H23F2N5O3/c26-25(27)13-32(21(25)11-28)23(34)12-30-24(35)18-10-22(33)31-20-6-4-15(9-17(18)20)14-3-5-19-16(8-14)2-1-7-29-19/h3-6,8-9,18,21,29H,1-2,7,10,12-13H2,(H,30,35)(H,31,33). The maximum Gasteiger partial charge on any atom is 0.298 e. The lowest BCUT2D eigenvalue weighted by Crippen LogP contribution is -2.67. The van der Waals surface area contributed by atoms with Gasteiger partial charge in [-0.05, 0) is 59.4 Å². The summed E-state index contributed by atoms with van der Waals surface area (Å²) in [6, 6.07) is 11.2. The smallest absolute Gasteiger partial charge is 0.298 e. The lowest BCUT2D eigenvalue weighted by molar-refractivity contribution is -0.180. The quantitative estimate of drug-likeness (QED) is 0.624. The lowest BCUT2D eigenvalue weighted by Gasteiger charge is -2.43. The minimum atomic E-state index is -3.25. The second-order valence-electron chi connectivity index (χ2n) is 9.04. The molecule has 2 aromatic rings. The van der Waals surface area contributed by atoms with Crippen LogP contribution in [0.15, 0.2) is 36.4 Å². The molecule has 3 N–H and O–H groups in total. The molecule has 0 aromatic heterocycles. The van der Waals surface area contributed by atoms with Crippen molar-refractivity contribution in [3.05, 3.63) is 47.5 Å². The van der Waals surface area contributed by atoms with Crippen molar-refractivity contribution in [2.24, 2.45) is 0 Å². The molecule has 3 aliphatic rings. The summed E-state index contributed by atoms with van der Waals surface area (Å²) in [4.78, 5) is 38.2. The second kappa shape index (κ2) is 8.65. The molecule has 0 bridgehead atoms. The molecule has 0 aliphatic carbocycles. The van der Waals surface area contributed by atoms with Crippen LogP contribution in [0.5, 0.6) is 0 Å². The van der Waals surface area contributed by atoms with Crippen LogP contribution in [0.4, 0.5) is 20.2 Å². The summed E-state index contributed by atoms with van der Waals surface area (Å²) in [5.74, 6) is -5.74. The maximum absolute atomic E-state index is 13.4. The third kappa shape index (κ3) is 4.18. The highest BCUT2D eigenvalue weighted by Gasteiger charge is 2.57. The number of amides is 3. The van der Waals surface area contributed by atoms with Crippen molar-refractivity contribution in [3.8, 4) is 17.2 Å². The Bertz CT molecular complexity index is 1270. The van der Waals surface area contributed by atoms with Crippen molar-refractivity contribution in [1.29, 1.82) is 5.26 Å². The molecule has 0 spiro atoms. The highest BCUT2D eigenvalue weighted by atomic mass is 19.3. The summed E-state index contributed by atoms with van der Waals surface area (Å²) in [7, 11) is 0. The van der Waals surface area contributed by atoms with Gasteiger partial charge in [0.25, 0.3) is 5.92 Å². The monoisotopic (exact) mass is 479 g/mol. The SMILES string of the molecule is N#CC1N(C(=O)CNC(=O)C2CC(=O)Nc3ccc(-c4ccc5c(c4)CCCN5)cc32)CC1(F)F. The predicted octanol–water partition coefficient (Wildman–Crippen LogP) is 2.62. The van der Waals surface area contributed by atoms with Crippen LogP contribution in [0.2, 0.25) is 0 Å². The van der Waals surface area contributed by atoms with Gasteiger partial charge >= 0.3 is 0 Å².